The molecule has 1 amide bonds. The molecular formula is C16H28N2O3. The summed E-state index contributed by atoms with van der Waals surface area (Å²) < 4.78 is 5.18. The minimum Gasteiger partial charge on any atom is -0.396 e. The molecule has 1 heterocycles. The molecule has 0 saturated carbocycles. The summed E-state index contributed by atoms with van der Waals surface area (Å²) in [5.74, 6) is 0.295. The predicted octanol–water partition coefficient (Wildman–Crippen LogP) is 3.11. The first-order valence-electron chi connectivity index (χ1n) is 7.71. The molecule has 0 saturated heterocycles. The Labute approximate surface area is 127 Å². The van der Waals surface area contributed by atoms with Crippen LogP contribution in [-0.4, -0.2) is 28.8 Å². The number of aliphatic hydroxyl groups is 1. The van der Waals surface area contributed by atoms with Gasteiger partial charge in [0.05, 0.1) is 5.69 Å². The highest BCUT2D eigenvalue weighted by atomic mass is 16.5. The molecule has 0 bridgehead atoms. The van der Waals surface area contributed by atoms with Gasteiger partial charge < -0.3 is 14.9 Å². The summed E-state index contributed by atoms with van der Waals surface area (Å²) in [5.41, 5.74) is 0.705. The average molecular weight is 296 g/mol. The monoisotopic (exact) mass is 296 g/mol. The van der Waals surface area contributed by atoms with E-state index < -0.39 is 0 Å². The van der Waals surface area contributed by atoms with Crippen molar-refractivity contribution in [1.82, 2.24) is 10.5 Å². The molecule has 1 aromatic heterocycles. The highest BCUT2D eigenvalue weighted by molar-refractivity contribution is 5.91. The quantitative estimate of drug-likeness (QED) is 0.810. The molecule has 5 nitrogen and oxygen atoms in total. The second kappa shape index (κ2) is 7.59. The normalized spacial score (nSPS) is 13.5. The average Bonchev–Trinajstić information content (AvgIpc) is 2.88. The van der Waals surface area contributed by atoms with Crippen molar-refractivity contribution in [1.29, 1.82) is 0 Å². The fourth-order valence-electron chi connectivity index (χ4n) is 2.38. The minimum absolute atomic E-state index is 0.0393. The number of nitrogens with zero attached hydrogens (tertiary/aromatic N) is 1. The van der Waals surface area contributed by atoms with Gasteiger partial charge in [0.25, 0.3) is 5.91 Å². The lowest BCUT2D eigenvalue weighted by atomic mass is 9.85. The molecule has 0 spiro atoms. The fraction of sp³-hybridized carbons (Fsp3) is 0.750. The standard InChI is InChI=1S/C16H28N2O3/c1-6-11(7-2)12-10-13(21-18-12)15(20)17-14(8-9-19)16(3,4)5/h10-11,14,19H,6-9H2,1-5H3,(H,17,20). The number of amides is 1. The maximum Gasteiger partial charge on any atom is 0.290 e. The Morgan fingerprint density at radius 3 is 2.48 bits per heavy atom. The maximum atomic E-state index is 12.3. The van der Waals surface area contributed by atoms with E-state index in [1.54, 1.807) is 6.07 Å². The molecule has 120 valence electrons. The Kier molecular flexibility index (Phi) is 6.40. The molecule has 0 aliphatic heterocycles. The van der Waals surface area contributed by atoms with Crippen LogP contribution in [0.3, 0.4) is 0 Å². The summed E-state index contributed by atoms with van der Waals surface area (Å²) in [4.78, 5) is 12.3. The molecule has 1 unspecified atom stereocenters. The first kappa shape index (κ1) is 17.7. The Bertz CT molecular complexity index is 445. The van der Waals surface area contributed by atoms with Gasteiger partial charge in [0.2, 0.25) is 5.76 Å². The third kappa shape index (κ3) is 4.84. The first-order chi connectivity index (χ1) is 9.83. The number of aliphatic hydroxyl groups excluding tert-OH is 1. The van der Waals surface area contributed by atoms with Gasteiger partial charge in [0, 0.05) is 24.6 Å². The van der Waals surface area contributed by atoms with Crippen LogP contribution in [-0.2, 0) is 0 Å². The van der Waals surface area contributed by atoms with Crippen LogP contribution in [0.1, 0.15) is 76.0 Å². The zero-order chi connectivity index (χ0) is 16.0. The van der Waals surface area contributed by atoms with E-state index in [0.29, 0.717) is 12.3 Å². The third-order valence-corrected chi connectivity index (χ3v) is 3.92. The van der Waals surface area contributed by atoms with Gasteiger partial charge in [0.1, 0.15) is 0 Å². The first-order valence-corrected chi connectivity index (χ1v) is 7.71. The highest BCUT2D eigenvalue weighted by Crippen LogP contribution is 2.24. The van der Waals surface area contributed by atoms with Crippen molar-refractivity contribution in [2.75, 3.05) is 6.61 Å². The van der Waals surface area contributed by atoms with Crippen molar-refractivity contribution in [2.45, 2.75) is 65.8 Å². The topological polar surface area (TPSA) is 75.4 Å². The van der Waals surface area contributed by atoms with E-state index in [1.807, 2.05) is 20.8 Å². The lowest BCUT2D eigenvalue weighted by Crippen LogP contribution is -2.44. The van der Waals surface area contributed by atoms with Crippen LogP contribution in [0.25, 0.3) is 0 Å². The number of carbonyl (C=O) groups excluding carboxylic acids is 1. The molecule has 0 aromatic carbocycles. The smallest absolute Gasteiger partial charge is 0.290 e. The van der Waals surface area contributed by atoms with E-state index in [2.05, 4.69) is 24.3 Å². The zero-order valence-corrected chi connectivity index (χ0v) is 13.8. The molecule has 5 heteroatoms. The van der Waals surface area contributed by atoms with E-state index in [4.69, 9.17) is 9.63 Å². The third-order valence-electron chi connectivity index (χ3n) is 3.92. The van der Waals surface area contributed by atoms with E-state index in [-0.39, 0.29) is 29.7 Å². The Morgan fingerprint density at radius 1 is 1.38 bits per heavy atom. The molecule has 0 aliphatic carbocycles. The molecule has 1 aromatic rings. The van der Waals surface area contributed by atoms with Crippen LogP contribution >= 0.6 is 0 Å². The molecule has 21 heavy (non-hydrogen) atoms. The van der Waals surface area contributed by atoms with E-state index in [9.17, 15) is 4.79 Å². The Hall–Kier alpha value is -1.36. The van der Waals surface area contributed by atoms with Crippen LogP contribution in [0, 0.1) is 5.41 Å². The molecular weight excluding hydrogens is 268 g/mol. The van der Waals surface area contributed by atoms with Crippen molar-refractivity contribution in [2.24, 2.45) is 5.41 Å². The van der Waals surface area contributed by atoms with Gasteiger partial charge in [0.15, 0.2) is 0 Å². The largest absolute Gasteiger partial charge is 0.396 e. The molecule has 0 aliphatic rings. The molecule has 1 rings (SSSR count). The highest BCUT2D eigenvalue weighted by Gasteiger charge is 2.27. The summed E-state index contributed by atoms with van der Waals surface area (Å²) in [6.07, 6.45) is 2.46. The van der Waals surface area contributed by atoms with Gasteiger partial charge in [-0.05, 0) is 24.7 Å². The Morgan fingerprint density at radius 2 is 2.00 bits per heavy atom. The summed E-state index contributed by atoms with van der Waals surface area (Å²) in [6.45, 7) is 10.3. The van der Waals surface area contributed by atoms with Crippen LogP contribution < -0.4 is 5.32 Å². The number of nitrogens with one attached hydrogen (secondary N) is 1. The SMILES string of the molecule is CCC(CC)c1cc(C(=O)NC(CCO)C(C)(C)C)on1. The molecule has 0 radical (unpaired) electrons. The van der Waals surface area contributed by atoms with Crippen LogP contribution in [0.4, 0.5) is 0 Å². The zero-order valence-electron chi connectivity index (χ0n) is 13.8. The van der Waals surface area contributed by atoms with Gasteiger partial charge >= 0.3 is 0 Å². The summed E-state index contributed by atoms with van der Waals surface area (Å²) >= 11 is 0. The van der Waals surface area contributed by atoms with Crippen LogP contribution in [0.5, 0.6) is 0 Å². The second-order valence-electron chi connectivity index (χ2n) is 6.53. The van der Waals surface area contributed by atoms with Crippen molar-refractivity contribution in [3.8, 4) is 0 Å². The minimum atomic E-state index is -0.270. The number of carbonyl (C=O) groups is 1. The summed E-state index contributed by atoms with van der Waals surface area (Å²) in [5, 5.41) is 16.1. The number of hydrogen-bond acceptors (Lipinski definition) is 4. The maximum absolute atomic E-state index is 12.3. The van der Waals surface area contributed by atoms with E-state index in [1.165, 1.54) is 0 Å². The predicted molar refractivity (Wildman–Crippen MR) is 82.2 cm³/mol. The van der Waals surface area contributed by atoms with E-state index in [0.717, 1.165) is 18.5 Å². The lowest BCUT2D eigenvalue weighted by molar-refractivity contribution is 0.0848. The molecule has 0 fully saturated rings. The number of aromatic nitrogens is 1. The molecule has 2 N–H and O–H groups in total. The van der Waals surface area contributed by atoms with Crippen molar-refractivity contribution >= 4 is 5.91 Å². The van der Waals surface area contributed by atoms with Crippen molar-refractivity contribution in [3.63, 3.8) is 0 Å². The van der Waals surface area contributed by atoms with Gasteiger partial charge in [-0.3, -0.25) is 4.79 Å². The van der Waals surface area contributed by atoms with Crippen LogP contribution in [0.15, 0.2) is 10.6 Å². The van der Waals surface area contributed by atoms with E-state index >= 15 is 0 Å². The van der Waals surface area contributed by atoms with Crippen LogP contribution in [0.2, 0.25) is 0 Å². The lowest BCUT2D eigenvalue weighted by Gasteiger charge is -2.30. The van der Waals surface area contributed by atoms with Gasteiger partial charge in [-0.15, -0.1) is 0 Å². The second-order valence-corrected chi connectivity index (χ2v) is 6.53. The van der Waals surface area contributed by atoms with Gasteiger partial charge in [-0.1, -0.05) is 39.8 Å². The fourth-order valence-corrected chi connectivity index (χ4v) is 2.38. The van der Waals surface area contributed by atoms with Crippen molar-refractivity contribution < 1.29 is 14.4 Å². The Balaban J connectivity index is 2.79. The van der Waals surface area contributed by atoms with Gasteiger partial charge in [-0.2, -0.15) is 0 Å². The summed E-state index contributed by atoms with van der Waals surface area (Å²) in [6, 6.07) is 1.61. The number of hydrogen-bond donors (Lipinski definition) is 2. The molecule has 1 atom stereocenters. The number of rotatable bonds is 7. The van der Waals surface area contributed by atoms with Crippen molar-refractivity contribution in [3.05, 3.63) is 17.5 Å². The summed E-state index contributed by atoms with van der Waals surface area (Å²) in [7, 11) is 0. The van der Waals surface area contributed by atoms with Gasteiger partial charge in [-0.25, -0.2) is 0 Å².